The minimum Gasteiger partial charge on any atom is -0.493 e. The van der Waals surface area contributed by atoms with Crippen molar-refractivity contribution in [3.63, 3.8) is 0 Å². The molecule has 78 valence electrons. The Morgan fingerprint density at radius 2 is 2.07 bits per heavy atom. The van der Waals surface area contributed by atoms with Crippen molar-refractivity contribution in [3.05, 3.63) is 28.8 Å². The van der Waals surface area contributed by atoms with Crippen LogP contribution in [0.25, 0.3) is 0 Å². The van der Waals surface area contributed by atoms with Crippen molar-refractivity contribution >= 4 is 11.6 Å². The molecule has 0 aliphatic heterocycles. The highest BCUT2D eigenvalue weighted by molar-refractivity contribution is 6.30. The van der Waals surface area contributed by atoms with Gasteiger partial charge in [-0.05, 0) is 37.0 Å². The molecule has 2 heteroatoms. The van der Waals surface area contributed by atoms with Gasteiger partial charge in [0.1, 0.15) is 5.75 Å². The van der Waals surface area contributed by atoms with E-state index in [9.17, 15) is 0 Å². The molecule has 0 heterocycles. The minimum absolute atomic E-state index is 0.675. The van der Waals surface area contributed by atoms with E-state index in [1.165, 1.54) is 0 Å². The van der Waals surface area contributed by atoms with Gasteiger partial charge in [-0.25, -0.2) is 0 Å². The Bertz CT molecular complexity index is 294. The molecule has 0 saturated heterocycles. The Labute approximate surface area is 91.0 Å². The molecule has 0 unspecified atom stereocenters. The number of hydrogen-bond donors (Lipinski definition) is 0. The maximum absolute atomic E-state index is 5.88. The summed E-state index contributed by atoms with van der Waals surface area (Å²) in [5, 5.41) is 0.732. The predicted molar refractivity (Wildman–Crippen MR) is 61.1 cm³/mol. The van der Waals surface area contributed by atoms with Crippen molar-refractivity contribution in [1.29, 1.82) is 0 Å². The average molecular weight is 213 g/mol. The first-order valence-corrected chi connectivity index (χ1v) is 5.36. The highest BCUT2D eigenvalue weighted by Crippen LogP contribution is 2.22. The molecule has 0 radical (unpaired) electrons. The average Bonchev–Trinajstić information content (AvgIpc) is 2.10. The van der Waals surface area contributed by atoms with E-state index in [0.29, 0.717) is 5.92 Å². The molecule has 1 aromatic rings. The van der Waals surface area contributed by atoms with Crippen molar-refractivity contribution in [3.8, 4) is 5.75 Å². The Hall–Kier alpha value is -0.690. The van der Waals surface area contributed by atoms with Crippen molar-refractivity contribution in [2.24, 2.45) is 5.92 Å². The zero-order valence-corrected chi connectivity index (χ0v) is 9.77. The number of aryl methyl sites for hydroxylation is 1. The summed E-state index contributed by atoms with van der Waals surface area (Å²) < 4.78 is 5.64. The largest absolute Gasteiger partial charge is 0.493 e. The minimum atomic E-state index is 0.675. The Balaban J connectivity index is 2.53. The quantitative estimate of drug-likeness (QED) is 0.731. The lowest BCUT2D eigenvalue weighted by Gasteiger charge is -2.10. The normalized spacial score (nSPS) is 10.6. The molecule has 0 amide bonds. The molecule has 1 aromatic carbocycles. The number of hydrogen-bond acceptors (Lipinski definition) is 1. The fourth-order valence-electron chi connectivity index (χ4n) is 1.13. The molecule has 0 spiro atoms. The summed E-state index contributed by atoms with van der Waals surface area (Å²) in [7, 11) is 0. The first-order chi connectivity index (χ1) is 6.59. The van der Waals surface area contributed by atoms with Gasteiger partial charge in [0, 0.05) is 5.02 Å². The monoisotopic (exact) mass is 212 g/mol. The lowest BCUT2D eigenvalue weighted by Crippen LogP contribution is -2.02. The van der Waals surface area contributed by atoms with E-state index in [4.69, 9.17) is 16.3 Å². The van der Waals surface area contributed by atoms with Crippen LogP contribution in [0.3, 0.4) is 0 Å². The third kappa shape index (κ3) is 3.59. The van der Waals surface area contributed by atoms with E-state index in [2.05, 4.69) is 13.8 Å². The fraction of sp³-hybridized carbons (Fsp3) is 0.500. The maximum Gasteiger partial charge on any atom is 0.123 e. The van der Waals surface area contributed by atoms with E-state index in [1.807, 2.05) is 25.1 Å². The van der Waals surface area contributed by atoms with E-state index < -0.39 is 0 Å². The van der Waals surface area contributed by atoms with Gasteiger partial charge in [-0.1, -0.05) is 31.5 Å². The molecule has 0 saturated carbocycles. The van der Waals surface area contributed by atoms with Gasteiger partial charge in [0.05, 0.1) is 6.61 Å². The predicted octanol–water partition coefficient (Wildman–Crippen LogP) is 4.07. The van der Waals surface area contributed by atoms with Crippen molar-refractivity contribution in [2.45, 2.75) is 27.2 Å². The van der Waals surface area contributed by atoms with Crippen LogP contribution < -0.4 is 4.74 Å². The lowest BCUT2D eigenvalue weighted by atomic mass is 10.1. The number of halogens is 1. The van der Waals surface area contributed by atoms with Crippen molar-refractivity contribution in [2.75, 3.05) is 6.61 Å². The van der Waals surface area contributed by atoms with Crippen LogP contribution in [0.2, 0.25) is 5.02 Å². The van der Waals surface area contributed by atoms with Crippen LogP contribution in [0.15, 0.2) is 18.2 Å². The van der Waals surface area contributed by atoms with Gasteiger partial charge in [-0.3, -0.25) is 0 Å². The van der Waals surface area contributed by atoms with E-state index in [0.717, 1.165) is 29.4 Å². The van der Waals surface area contributed by atoms with Crippen LogP contribution in [0.1, 0.15) is 25.8 Å². The Morgan fingerprint density at radius 1 is 1.36 bits per heavy atom. The molecule has 0 aromatic heterocycles. The van der Waals surface area contributed by atoms with Gasteiger partial charge in [-0.15, -0.1) is 0 Å². The third-order valence-electron chi connectivity index (χ3n) is 2.10. The lowest BCUT2D eigenvalue weighted by molar-refractivity contribution is 0.288. The van der Waals surface area contributed by atoms with Gasteiger partial charge in [0.15, 0.2) is 0 Å². The molecule has 1 rings (SSSR count). The van der Waals surface area contributed by atoms with Crippen LogP contribution >= 0.6 is 11.6 Å². The molecule has 0 bridgehead atoms. The SMILES string of the molecule is Cc1ccc(Cl)cc1OCCC(C)C. The second-order valence-corrected chi connectivity index (χ2v) is 4.38. The second-order valence-electron chi connectivity index (χ2n) is 3.94. The van der Waals surface area contributed by atoms with Gasteiger partial charge >= 0.3 is 0 Å². The molecular formula is C12H17ClO. The molecule has 0 atom stereocenters. The standard InChI is InChI=1S/C12H17ClO/c1-9(2)6-7-14-12-8-11(13)5-4-10(12)3/h4-5,8-9H,6-7H2,1-3H3. The molecule has 0 fully saturated rings. The van der Waals surface area contributed by atoms with E-state index in [-0.39, 0.29) is 0 Å². The molecule has 14 heavy (non-hydrogen) atoms. The van der Waals surface area contributed by atoms with Gasteiger partial charge < -0.3 is 4.74 Å². The van der Waals surface area contributed by atoms with Crippen LogP contribution in [-0.2, 0) is 0 Å². The summed E-state index contributed by atoms with van der Waals surface area (Å²) in [5.74, 6) is 1.58. The van der Waals surface area contributed by atoms with Gasteiger partial charge in [-0.2, -0.15) is 0 Å². The number of ether oxygens (including phenoxy) is 1. The maximum atomic E-state index is 5.88. The third-order valence-corrected chi connectivity index (χ3v) is 2.34. The summed E-state index contributed by atoms with van der Waals surface area (Å²) in [6.45, 7) is 7.17. The molecule has 0 N–H and O–H groups in total. The zero-order valence-electron chi connectivity index (χ0n) is 9.01. The van der Waals surface area contributed by atoms with E-state index >= 15 is 0 Å². The molecular weight excluding hydrogens is 196 g/mol. The second kappa shape index (κ2) is 5.26. The highest BCUT2D eigenvalue weighted by atomic mass is 35.5. The van der Waals surface area contributed by atoms with Crippen LogP contribution in [0.5, 0.6) is 5.75 Å². The van der Waals surface area contributed by atoms with Crippen LogP contribution in [0.4, 0.5) is 0 Å². The highest BCUT2D eigenvalue weighted by Gasteiger charge is 2.01. The topological polar surface area (TPSA) is 9.23 Å². The first kappa shape index (κ1) is 11.4. The number of benzene rings is 1. The van der Waals surface area contributed by atoms with Crippen molar-refractivity contribution in [1.82, 2.24) is 0 Å². The fourth-order valence-corrected chi connectivity index (χ4v) is 1.30. The summed E-state index contributed by atoms with van der Waals surface area (Å²) >= 11 is 5.88. The van der Waals surface area contributed by atoms with Gasteiger partial charge in [0.2, 0.25) is 0 Å². The molecule has 0 aliphatic rings. The zero-order chi connectivity index (χ0) is 10.6. The summed E-state index contributed by atoms with van der Waals surface area (Å²) in [5.41, 5.74) is 1.14. The van der Waals surface area contributed by atoms with Crippen molar-refractivity contribution < 1.29 is 4.74 Å². The summed E-state index contributed by atoms with van der Waals surface area (Å²) in [6.07, 6.45) is 1.08. The Morgan fingerprint density at radius 3 is 2.71 bits per heavy atom. The molecule has 0 aliphatic carbocycles. The Kier molecular flexibility index (Phi) is 4.27. The first-order valence-electron chi connectivity index (χ1n) is 4.98. The summed E-state index contributed by atoms with van der Waals surface area (Å²) in [4.78, 5) is 0. The smallest absolute Gasteiger partial charge is 0.123 e. The number of rotatable bonds is 4. The van der Waals surface area contributed by atoms with Gasteiger partial charge in [0.25, 0.3) is 0 Å². The molecule has 1 nitrogen and oxygen atoms in total. The van der Waals surface area contributed by atoms with E-state index in [1.54, 1.807) is 0 Å². The van der Waals surface area contributed by atoms with Crippen LogP contribution in [-0.4, -0.2) is 6.61 Å². The van der Waals surface area contributed by atoms with Crippen LogP contribution in [0, 0.1) is 12.8 Å². The summed E-state index contributed by atoms with van der Waals surface area (Å²) in [6, 6.07) is 5.73.